The summed E-state index contributed by atoms with van der Waals surface area (Å²) < 4.78 is 42.6. The average molecular weight is 346 g/mol. The number of benzene rings is 1. The van der Waals surface area contributed by atoms with Crippen molar-refractivity contribution >= 4 is 6.03 Å². The van der Waals surface area contributed by atoms with Gasteiger partial charge in [-0.25, -0.2) is 9.18 Å². The molecule has 0 heterocycles. The van der Waals surface area contributed by atoms with Crippen LogP contribution in [0.3, 0.4) is 0 Å². The third kappa shape index (κ3) is 5.59. The van der Waals surface area contributed by atoms with Crippen molar-refractivity contribution in [2.45, 2.75) is 44.9 Å². The molecule has 0 radical (unpaired) electrons. The van der Waals surface area contributed by atoms with E-state index in [2.05, 4.69) is 15.4 Å². The third-order valence-electron chi connectivity index (χ3n) is 4.02. The number of ether oxygens (including phenoxy) is 1. The van der Waals surface area contributed by atoms with Crippen LogP contribution in [-0.4, -0.2) is 30.4 Å². The summed E-state index contributed by atoms with van der Waals surface area (Å²) in [6.45, 7) is -2.94. The Balaban J connectivity index is 1.83. The van der Waals surface area contributed by atoms with Crippen molar-refractivity contribution in [2.75, 3.05) is 6.54 Å². The van der Waals surface area contributed by atoms with Crippen LogP contribution in [0.1, 0.15) is 31.2 Å². The normalized spacial score (nSPS) is 20.7. The van der Waals surface area contributed by atoms with E-state index in [4.69, 9.17) is 0 Å². The summed E-state index contributed by atoms with van der Waals surface area (Å²) in [6, 6.07) is 3.05. The number of carbonyl (C=O) groups is 1. The fourth-order valence-electron chi connectivity index (χ4n) is 2.83. The first-order valence-corrected chi connectivity index (χ1v) is 7.87. The molecule has 134 valence electrons. The highest BCUT2D eigenvalue weighted by atomic mass is 19.3. The van der Waals surface area contributed by atoms with Crippen LogP contribution < -0.4 is 15.4 Å². The molecule has 0 aliphatic heterocycles. The summed E-state index contributed by atoms with van der Waals surface area (Å²) in [5.74, 6) is -0.838. The Labute approximate surface area is 138 Å². The van der Waals surface area contributed by atoms with E-state index in [1.165, 1.54) is 12.1 Å². The number of aliphatic hydroxyl groups excluding tert-OH is 1. The standard InChI is InChI=1S/C16H21F3N2O3/c17-13-5-2-6-14(24-15(18)19)12(13)9-21-16(23)20-8-10-3-1-4-11(22)7-10/h2,5-6,10-11,15,22H,1,3-4,7-9H2,(H2,20,21,23). The van der Waals surface area contributed by atoms with Crippen LogP contribution in [-0.2, 0) is 6.54 Å². The summed E-state index contributed by atoms with van der Waals surface area (Å²) in [7, 11) is 0. The van der Waals surface area contributed by atoms with E-state index in [1.807, 2.05) is 0 Å². The van der Waals surface area contributed by atoms with Crippen LogP contribution in [0.15, 0.2) is 18.2 Å². The summed E-state index contributed by atoms with van der Waals surface area (Å²) in [5, 5.41) is 14.7. The highest BCUT2D eigenvalue weighted by Crippen LogP contribution is 2.24. The van der Waals surface area contributed by atoms with Gasteiger partial charge in [-0.15, -0.1) is 0 Å². The SMILES string of the molecule is O=C(NCc1c(F)cccc1OC(F)F)NCC1CCCC(O)C1. The number of hydrogen-bond donors (Lipinski definition) is 3. The van der Waals surface area contributed by atoms with Crippen LogP contribution in [0, 0.1) is 11.7 Å². The number of nitrogens with one attached hydrogen (secondary N) is 2. The van der Waals surface area contributed by atoms with Gasteiger partial charge in [0.25, 0.3) is 0 Å². The van der Waals surface area contributed by atoms with Crippen molar-refractivity contribution in [1.82, 2.24) is 10.6 Å². The highest BCUT2D eigenvalue weighted by Gasteiger charge is 2.20. The number of urea groups is 1. The predicted molar refractivity (Wildman–Crippen MR) is 81.2 cm³/mol. The van der Waals surface area contributed by atoms with Crippen molar-refractivity contribution in [3.8, 4) is 5.75 Å². The highest BCUT2D eigenvalue weighted by molar-refractivity contribution is 5.73. The number of rotatable bonds is 6. The number of amides is 2. The molecule has 8 heteroatoms. The van der Waals surface area contributed by atoms with Crippen LogP contribution in [0.25, 0.3) is 0 Å². The van der Waals surface area contributed by atoms with Gasteiger partial charge >= 0.3 is 12.6 Å². The van der Waals surface area contributed by atoms with Gasteiger partial charge in [0.1, 0.15) is 11.6 Å². The molecule has 1 fully saturated rings. The fourth-order valence-corrected chi connectivity index (χ4v) is 2.83. The number of aliphatic hydroxyl groups is 1. The number of carbonyl (C=O) groups excluding carboxylic acids is 1. The van der Waals surface area contributed by atoms with E-state index in [-0.39, 0.29) is 29.9 Å². The number of hydrogen-bond acceptors (Lipinski definition) is 3. The quantitative estimate of drug-likeness (QED) is 0.742. The van der Waals surface area contributed by atoms with Gasteiger partial charge in [-0.3, -0.25) is 0 Å². The second-order valence-electron chi connectivity index (χ2n) is 5.85. The minimum absolute atomic E-state index is 0.138. The van der Waals surface area contributed by atoms with Crippen molar-refractivity contribution in [2.24, 2.45) is 5.92 Å². The summed E-state index contributed by atoms with van der Waals surface area (Å²) in [6.07, 6.45) is 2.93. The average Bonchev–Trinajstić information content (AvgIpc) is 2.52. The molecule has 24 heavy (non-hydrogen) atoms. The molecule has 2 atom stereocenters. The van der Waals surface area contributed by atoms with Crippen LogP contribution >= 0.6 is 0 Å². The lowest BCUT2D eigenvalue weighted by molar-refractivity contribution is -0.0506. The van der Waals surface area contributed by atoms with Crippen molar-refractivity contribution in [3.63, 3.8) is 0 Å². The predicted octanol–water partition coefficient (Wildman–Crippen LogP) is 2.78. The van der Waals surface area contributed by atoms with E-state index >= 15 is 0 Å². The maximum absolute atomic E-state index is 13.7. The van der Waals surface area contributed by atoms with Gasteiger partial charge in [0.05, 0.1) is 12.6 Å². The van der Waals surface area contributed by atoms with E-state index in [0.717, 1.165) is 25.3 Å². The molecule has 1 aromatic rings. The molecule has 2 unspecified atom stereocenters. The maximum atomic E-state index is 13.7. The Bertz CT molecular complexity index is 557. The molecular weight excluding hydrogens is 325 g/mol. The van der Waals surface area contributed by atoms with Gasteiger partial charge < -0.3 is 20.5 Å². The van der Waals surface area contributed by atoms with Crippen molar-refractivity contribution < 1.29 is 27.8 Å². The molecule has 5 nitrogen and oxygen atoms in total. The Morgan fingerprint density at radius 3 is 2.83 bits per heavy atom. The lowest BCUT2D eigenvalue weighted by atomic mass is 9.87. The Morgan fingerprint density at radius 1 is 1.33 bits per heavy atom. The Morgan fingerprint density at radius 2 is 2.12 bits per heavy atom. The zero-order valence-corrected chi connectivity index (χ0v) is 13.1. The molecule has 3 N–H and O–H groups in total. The molecule has 2 amide bonds. The molecule has 0 spiro atoms. The van der Waals surface area contributed by atoms with Crippen LogP contribution in [0.2, 0.25) is 0 Å². The monoisotopic (exact) mass is 346 g/mol. The topological polar surface area (TPSA) is 70.6 Å². The summed E-state index contributed by atoms with van der Waals surface area (Å²) in [5.41, 5.74) is -0.138. The minimum Gasteiger partial charge on any atom is -0.434 e. The summed E-state index contributed by atoms with van der Waals surface area (Å²) in [4.78, 5) is 11.8. The molecule has 1 aliphatic carbocycles. The largest absolute Gasteiger partial charge is 0.434 e. The fraction of sp³-hybridized carbons (Fsp3) is 0.562. The van der Waals surface area contributed by atoms with Crippen molar-refractivity contribution in [3.05, 3.63) is 29.6 Å². The molecule has 2 rings (SSSR count). The Kier molecular flexibility index (Phi) is 6.72. The zero-order valence-electron chi connectivity index (χ0n) is 13.1. The van der Waals surface area contributed by atoms with Crippen molar-refractivity contribution in [1.29, 1.82) is 0 Å². The molecule has 1 saturated carbocycles. The molecule has 1 aromatic carbocycles. The first-order valence-electron chi connectivity index (χ1n) is 7.87. The molecule has 0 bridgehead atoms. The second-order valence-corrected chi connectivity index (χ2v) is 5.85. The molecule has 1 aliphatic rings. The zero-order chi connectivity index (χ0) is 17.5. The number of alkyl halides is 2. The first-order chi connectivity index (χ1) is 11.5. The van der Waals surface area contributed by atoms with Gasteiger partial charge in [-0.2, -0.15) is 8.78 Å². The van der Waals surface area contributed by atoms with E-state index in [9.17, 15) is 23.1 Å². The minimum atomic E-state index is -3.07. The molecule has 0 aromatic heterocycles. The summed E-state index contributed by atoms with van der Waals surface area (Å²) >= 11 is 0. The van der Waals surface area contributed by atoms with Gasteiger partial charge in [0.15, 0.2) is 0 Å². The van der Waals surface area contributed by atoms with Gasteiger partial charge in [-0.05, 0) is 37.3 Å². The second kappa shape index (κ2) is 8.77. The number of halogens is 3. The smallest absolute Gasteiger partial charge is 0.387 e. The lowest BCUT2D eigenvalue weighted by Gasteiger charge is -2.25. The van der Waals surface area contributed by atoms with Gasteiger partial charge in [0.2, 0.25) is 0 Å². The van der Waals surface area contributed by atoms with Gasteiger partial charge in [-0.1, -0.05) is 12.5 Å². The molecule has 0 saturated heterocycles. The van der Waals surface area contributed by atoms with E-state index in [0.29, 0.717) is 13.0 Å². The maximum Gasteiger partial charge on any atom is 0.387 e. The lowest BCUT2D eigenvalue weighted by Crippen LogP contribution is -2.39. The molecular formula is C16H21F3N2O3. The van der Waals surface area contributed by atoms with E-state index < -0.39 is 18.5 Å². The van der Waals surface area contributed by atoms with Crippen LogP contribution in [0.4, 0.5) is 18.0 Å². The van der Waals surface area contributed by atoms with Gasteiger partial charge in [0, 0.05) is 12.1 Å². The Hall–Kier alpha value is -1.96. The van der Waals surface area contributed by atoms with Crippen LogP contribution in [0.5, 0.6) is 5.75 Å². The van der Waals surface area contributed by atoms with E-state index in [1.54, 1.807) is 0 Å². The first kappa shape index (κ1) is 18.4. The third-order valence-corrected chi connectivity index (χ3v) is 4.02.